The van der Waals surface area contributed by atoms with Crippen LogP contribution in [0.4, 0.5) is 17.3 Å². The first kappa shape index (κ1) is 7.02. The van der Waals surface area contributed by atoms with Gasteiger partial charge in [0.15, 0.2) is 5.82 Å². The summed E-state index contributed by atoms with van der Waals surface area (Å²) in [6, 6.07) is 0. The fourth-order valence-electron chi connectivity index (χ4n) is 1.12. The van der Waals surface area contributed by atoms with E-state index >= 15 is 0 Å². The Bertz CT molecular complexity index is 344. The van der Waals surface area contributed by atoms with E-state index in [-0.39, 0.29) is 0 Å². The van der Waals surface area contributed by atoms with E-state index < -0.39 is 0 Å². The fraction of sp³-hybridized carbons (Fsp3) is 0.286. The molecule has 61 valence electrons. The van der Waals surface area contributed by atoms with Crippen molar-refractivity contribution in [3.8, 4) is 0 Å². The molecular weight excluding hydrogens is 154 g/mol. The Morgan fingerprint density at radius 2 is 2.33 bits per heavy atom. The molecule has 0 bridgehead atoms. The molecule has 5 heteroatoms. The van der Waals surface area contributed by atoms with E-state index in [0.29, 0.717) is 5.82 Å². The zero-order chi connectivity index (χ0) is 8.55. The quantitative estimate of drug-likeness (QED) is 0.622. The third-order valence-corrected chi connectivity index (χ3v) is 1.63. The summed E-state index contributed by atoms with van der Waals surface area (Å²) in [5.41, 5.74) is 0.850. The molecule has 0 amide bonds. The van der Waals surface area contributed by atoms with Crippen molar-refractivity contribution < 1.29 is 0 Å². The number of anilines is 2. The Balaban J connectivity index is 2.59. The summed E-state index contributed by atoms with van der Waals surface area (Å²) in [5.74, 6) is 2.21. The highest BCUT2D eigenvalue weighted by Crippen LogP contribution is 2.27. The minimum absolute atomic E-state index is 0.701. The molecule has 1 radical (unpaired) electrons. The summed E-state index contributed by atoms with van der Waals surface area (Å²) >= 11 is 0. The van der Waals surface area contributed by atoms with Crippen molar-refractivity contribution in [2.75, 3.05) is 17.7 Å². The number of hydrogen-bond acceptors (Lipinski definition) is 5. The predicted molar refractivity (Wildman–Crippen MR) is 47.8 cm³/mol. The van der Waals surface area contributed by atoms with Crippen LogP contribution in [0.2, 0.25) is 0 Å². The Hall–Kier alpha value is -1.65. The molecule has 0 saturated heterocycles. The maximum Gasteiger partial charge on any atom is 0.341 e. The smallest absolute Gasteiger partial charge is 0.341 e. The molecule has 1 aliphatic rings. The van der Waals surface area contributed by atoms with E-state index in [4.69, 9.17) is 0 Å². The van der Waals surface area contributed by atoms with Gasteiger partial charge in [-0.2, -0.15) is 4.98 Å². The number of rotatable bonds is 1. The van der Waals surface area contributed by atoms with Crippen molar-refractivity contribution in [3.05, 3.63) is 5.82 Å². The third kappa shape index (κ3) is 0.903. The zero-order valence-corrected chi connectivity index (χ0v) is 6.92. The highest BCUT2D eigenvalue weighted by molar-refractivity contribution is 5.93. The van der Waals surface area contributed by atoms with Crippen LogP contribution in [0.1, 0.15) is 5.82 Å². The minimum atomic E-state index is 0.701. The highest BCUT2D eigenvalue weighted by Gasteiger charge is 2.22. The van der Waals surface area contributed by atoms with Gasteiger partial charge in [0.1, 0.15) is 0 Å². The molecule has 0 saturated carbocycles. The SMILES string of the molecule is CNc1nc(C)nc2c1NC=[N+]2. The van der Waals surface area contributed by atoms with Crippen molar-refractivity contribution >= 4 is 23.7 Å². The summed E-state index contributed by atoms with van der Waals surface area (Å²) in [7, 11) is 1.82. The van der Waals surface area contributed by atoms with Gasteiger partial charge in [-0.25, -0.2) is 0 Å². The fourth-order valence-corrected chi connectivity index (χ4v) is 1.12. The van der Waals surface area contributed by atoms with Crippen LogP contribution >= 0.6 is 0 Å². The van der Waals surface area contributed by atoms with Crippen LogP contribution in [0.25, 0.3) is 0 Å². The normalized spacial score (nSPS) is 12.5. The molecule has 12 heavy (non-hydrogen) atoms. The lowest BCUT2D eigenvalue weighted by molar-refractivity contribution is 1.04. The number of aryl methyl sites for hydroxylation is 1. The predicted octanol–water partition coefficient (Wildman–Crippen LogP) is 0.248. The number of aliphatic imine (C=N–C) groups is 1. The Kier molecular flexibility index (Phi) is 1.43. The van der Waals surface area contributed by atoms with Crippen LogP contribution in [0, 0.1) is 6.92 Å². The minimum Gasteiger partial charge on any atom is -0.370 e. The van der Waals surface area contributed by atoms with Gasteiger partial charge in [-0.15, -0.1) is 0 Å². The first-order chi connectivity index (χ1) is 5.81. The van der Waals surface area contributed by atoms with Crippen LogP contribution in [0.5, 0.6) is 0 Å². The summed E-state index contributed by atoms with van der Waals surface area (Å²) in [5, 5.41) is 5.94. The zero-order valence-electron chi connectivity index (χ0n) is 6.92. The summed E-state index contributed by atoms with van der Waals surface area (Å²) in [4.78, 5) is 12.4. The van der Waals surface area contributed by atoms with E-state index in [1.165, 1.54) is 0 Å². The van der Waals surface area contributed by atoms with E-state index in [1.807, 2.05) is 14.0 Å². The molecular formula is C7H9N5+. The topological polar surface area (TPSA) is 63.9 Å². The second-order valence-electron chi connectivity index (χ2n) is 2.47. The second kappa shape index (κ2) is 2.44. The van der Waals surface area contributed by atoms with Crippen molar-refractivity contribution in [2.24, 2.45) is 0 Å². The van der Waals surface area contributed by atoms with Gasteiger partial charge in [-0.3, -0.25) is 5.32 Å². The monoisotopic (exact) mass is 163 g/mol. The van der Waals surface area contributed by atoms with Crippen LogP contribution in [-0.4, -0.2) is 23.4 Å². The Morgan fingerprint density at radius 1 is 1.50 bits per heavy atom. The van der Waals surface area contributed by atoms with E-state index in [9.17, 15) is 0 Å². The summed E-state index contributed by atoms with van der Waals surface area (Å²) in [6.07, 6.45) is 1.61. The Labute approximate surface area is 70.0 Å². The average molecular weight is 163 g/mol. The van der Waals surface area contributed by atoms with Crippen LogP contribution in [-0.2, 0) is 0 Å². The molecule has 0 unspecified atom stereocenters. The molecule has 0 aliphatic carbocycles. The molecule has 2 rings (SSSR count). The first-order valence-electron chi connectivity index (χ1n) is 3.66. The molecule has 2 heterocycles. The molecule has 0 spiro atoms. The van der Waals surface area contributed by atoms with Gasteiger partial charge in [-0.1, -0.05) is 9.98 Å². The van der Waals surface area contributed by atoms with Crippen LogP contribution in [0.15, 0.2) is 0 Å². The van der Waals surface area contributed by atoms with Gasteiger partial charge in [0, 0.05) is 14.0 Å². The molecule has 0 fully saturated rings. The van der Waals surface area contributed by atoms with E-state index in [0.717, 1.165) is 17.3 Å². The third-order valence-electron chi connectivity index (χ3n) is 1.63. The lowest BCUT2D eigenvalue weighted by atomic mass is 10.4. The van der Waals surface area contributed by atoms with Crippen LogP contribution in [0.3, 0.4) is 0 Å². The van der Waals surface area contributed by atoms with Gasteiger partial charge in [-0.05, 0) is 0 Å². The average Bonchev–Trinajstić information content (AvgIpc) is 2.50. The highest BCUT2D eigenvalue weighted by atomic mass is 15.2. The maximum atomic E-state index is 4.20. The maximum absolute atomic E-state index is 4.20. The van der Waals surface area contributed by atoms with Crippen molar-refractivity contribution in [1.29, 1.82) is 0 Å². The molecule has 0 aromatic carbocycles. The van der Waals surface area contributed by atoms with Crippen molar-refractivity contribution in [1.82, 2.24) is 15.0 Å². The second-order valence-corrected chi connectivity index (χ2v) is 2.47. The van der Waals surface area contributed by atoms with Gasteiger partial charge in [0.2, 0.25) is 17.9 Å². The molecule has 0 atom stereocenters. The largest absolute Gasteiger partial charge is 0.370 e. The summed E-state index contributed by atoms with van der Waals surface area (Å²) < 4.78 is 0. The van der Waals surface area contributed by atoms with Crippen LogP contribution < -0.4 is 15.6 Å². The number of hydrogen-bond donors (Lipinski definition) is 2. The standard InChI is InChI=1S/C7H9N5/c1-4-11-6(8-2)5-7(12-4)10-3-9-5/h3,9H,1-2H3,(H,8,11,12)/q+1. The molecule has 5 nitrogen and oxygen atoms in total. The van der Waals surface area contributed by atoms with E-state index in [2.05, 4.69) is 25.6 Å². The number of nitrogens with zero attached hydrogens (tertiary/aromatic N) is 3. The van der Waals surface area contributed by atoms with Crippen molar-refractivity contribution in [3.63, 3.8) is 0 Å². The molecule has 2 N–H and O–H groups in total. The molecule has 1 aliphatic heterocycles. The summed E-state index contributed by atoms with van der Waals surface area (Å²) in [6.45, 7) is 1.84. The number of aromatic nitrogens is 2. The first-order valence-corrected chi connectivity index (χ1v) is 3.66. The van der Waals surface area contributed by atoms with Gasteiger partial charge >= 0.3 is 5.82 Å². The lowest BCUT2D eigenvalue weighted by Crippen LogP contribution is -2.00. The molecule has 1 aromatic rings. The number of fused-ring (bicyclic) bond motifs is 1. The molecule has 1 aromatic heterocycles. The lowest BCUT2D eigenvalue weighted by Gasteiger charge is -1.99. The van der Waals surface area contributed by atoms with Gasteiger partial charge in [0.25, 0.3) is 0 Å². The van der Waals surface area contributed by atoms with Gasteiger partial charge < -0.3 is 5.32 Å². The van der Waals surface area contributed by atoms with Crippen molar-refractivity contribution in [2.45, 2.75) is 6.92 Å². The van der Waals surface area contributed by atoms with Gasteiger partial charge in [0.05, 0.1) is 0 Å². The Morgan fingerprint density at radius 3 is 3.08 bits per heavy atom. The number of nitrogens with one attached hydrogen (secondary N) is 2. The van der Waals surface area contributed by atoms with E-state index in [1.54, 1.807) is 6.34 Å².